The van der Waals surface area contributed by atoms with Crippen molar-refractivity contribution < 1.29 is 176 Å². The van der Waals surface area contributed by atoms with Gasteiger partial charge in [-0.1, -0.05) is 68.4 Å². The molecular weight excluding hydrogens is 2020 g/mol. The van der Waals surface area contributed by atoms with Crippen LogP contribution >= 0.6 is 37.9 Å². The Balaban J connectivity index is 1.86. The first-order valence-corrected chi connectivity index (χ1v) is 47.2. The first-order chi connectivity index (χ1) is 69.4. The highest BCUT2D eigenvalue weighted by Gasteiger charge is 2.41. The van der Waals surface area contributed by atoms with Crippen molar-refractivity contribution in [1.82, 2.24) is 101 Å². The average Bonchev–Trinajstić information content (AvgIpc) is 0.838. The second-order valence-electron chi connectivity index (χ2n) is 33.9. The largest absolute Gasteiger partial charge is 0.508 e. The smallest absolute Gasteiger partial charge is 0.326 e. The maximum absolute atomic E-state index is 14.9. The number of aromatic hydroxyl groups is 2. The molecule has 3 rings (SSSR count). The minimum absolute atomic E-state index is 0.193. The number of nitrogens with one attached hydrogen (secondary N) is 19. The number of rotatable bonds is 66. The number of carbonyl (C=O) groups excluding carboxylic acids is 20. The number of aliphatic hydroxyl groups is 4. The Labute approximate surface area is 859 Å². The number of phenolic OH excluding ortho intramolecular Hbond substituents is 2. The van der Waals surface area contributed by atoms with Gasteiger partial charge in [-0.25, -0.2) is 4.79 Å². The number of hydrogen-bond acceptors (Lipinski definition) is 35. The summed E-state index contributed by atoms with van der Waals surface area (Å²) in [5.74, 6) is -34.9. The van der Waals surface area contributed by atoms with Crippen LogP contribution in [0.2, 0.25) is 0 Å². The Bertz CT molecular complexity index is 5190. The number of aliphatic carboxylic acids is 5. The normalized spacial score (nSPS) is 15.0. The maximum atomic E-state index is 14.9. The molecule has 3 aromatic carbocycles. The van der Waals surface area contributed by atoms with Gasteiger partial charge in [0, 0.05) is 49.4 Å². The number of hydrogen-bond donors (Lipinski definition) is 35. The van der Waals surface area contributed by atoms with Crippen molar-refractivity contribution in [2.45, 2.75) is 233 Å². The number of phenols is 2. The summed E-state index contributed by atoms with van der Waals surface area (Å²) in [6.07, 6.45) is -10.8. The van der Waals surface area contributed by atoms with Crippen LogP contribution in [0.4, 0.5) is 0 Å². The summed E-state index contributed by atoms with van der Waals surface area (Å²) >= 11 is 12.3. The lowest BCUT2D eigenvalue weighted by molar-refractivity contribution is -0.147. The molecule has 0 heterocycles. The minimum atomic E-state index is -2.12. The molecule has 0 radical (unpaired) electrons. The van der Waals surface area contributed by atoms with Gasteiger partial charge in [-0.15, -0.1) is 0 Å². The molecule has 0 aliphatic carbocycles. The molecule has 816 valence electrons. The Hall–Kier alpha value is -15.1. The van der Waals surface area contributed by atoms with E-state index in [9.17, 15) is 171 Å². The zero-order valence-electron chi connectivity index (χ0n) is 80.5. The van der Waals surface area contributed by atoms with Gasteiger partial charge in [-0.2, -0.15) is 37.9 Å². The highest BCUT2D eigenvalue weighted by Crippen LogP contribution is 2.18. The third kappa shape index (κ3) is 46.1. The van der Waals surface area contributed by atoms with E-state index in [0.717, 1.165) is 27.7 Å². The summed E-state index contributed by atoms with van der Waals surface area (Å²) in [5.41, 5.74) is 11.7. The Morgan fingerprint density at radius 1 is 0.304 bits per heavy atom. The van der Waals surface area contributed by atoms with Crippen molar-refractivity contribution >= 4 is 186 Å². The second kappa shape index (κ2) is 64.0. The van der Waals surface area contributed by atoms with Crippen molar-refractivity contribution in [2.75, 3.05) is 43.6 Å². The first-order valence-electron chi connectivity index (χ1n) is 45.3. The van der Waals surface area contributed by atoms with Crippen molar-refractivity contribution in [2.24, 2.45) is 17.4 Å². The van der Waals surface area contributed by atoms with Gasteiger partial charge in [-0.05, 0) is 93.8 Å². The summed E-state index contributed by atoms with van der Waals surface area (Å²) < 4.78 is 0. The monoisotopic (exact) mass is 2150 g/mol. The molecule has 34 N–H and O–H groups in total. The highest BCUT2D eigenvalue weighted by molar-refractivity contribution is 7.80. The molecule has 0 aliphatic rings. The molecule has 0 bridgehead atoms. The second-order valence-corrected chi connectivity index (χ2v) is 35.0. The van der Waals surface area contributed by atoms with E-state index in [4.69, 9.17) is 16.6 Å². The predicted octanol–water partition coefficient (Wildman–Crippen LogP) is -12.8. The zero-order chi connectivity index (χ0) is 112. The van der Waals surface area contributed by atoms with Crippen LogP contribution in [0, 0.1) is 5.92 Å². The number of amides is 20. The number of carboxylic acid groups (broad SMARTS) is 5. The lowest BCUT2D eigenvalue weighted by atomic mass is 10.0. The molecule has 0 saturated heterocycles. The van der Waals surface area contributed by atoms with E-state index in [1.807, 2.05) is 21.3 Å². The first kappa shape index (κ1) is 127. The van der Waals surface area contributed by atoms with Gasteiger partial charge in [0.25, 0.3) is 0 Å². The van der Waals surface area contributed by atoms with Gasteiger partial charge in [-0.3, -0.25) is 115 Å². The topological polar surface area (TPSA) is 930 Å². The van der Waals surface area contributed by atoms with E-state index in [0.29, 0.717) is 5.56 Å². The molecule has 20 atom stereocenters. The molecule has 0 aromatic heterocycles. The molecular formula is C88H125N21O36S3. The standard InChI is InChI=1S/C88H125N21O36S3/c1-38(2)24-50(74(130)91-31-63(117)95-49(21-23-65(119)120)76(132)98-51(25-43-10-8-7-9-11-43)79(135)103-58(34-111)82(138)107-61(37-148)85(141)109-70(42(6)113)87(143)104-57(33-110)75(131)92-32-64(118)96-56(88(144)145)30-68(125)126)97-84(140)60(36-147)106-80(136)52(26-44-12-16-46(114)17-13-44)99-78(134)53(27-45-14-18-47(115)19-15-45)102-86(142)69(41(5)112)108-72(128)40(4)93-71(127)39(3)94-77(133)54(28-66(121)122)100-81(137)55(29-67(123)124)101-83(139)59(35-146)105-73(129)48(89)20-22-62(90)116/h7-19,38-42,48-61,69-70,110-115,146-148H,20-37,89H2,1-6H3,(H2,90,116)(H,91,130)(H,92,131)(H,93,127)(H,94,133)(H,95,117)(H,96,118)(H,97,140)(H,98,132)(H,99,134)(H,100,137)(H,101,139)(H,102,142)(H,103,135)(H,104,143)(H,105,129)(H,106,136)(H,107,138)(H,108,128)(H,109,141)(H,119,120)(H,121,122)(H,123,124)(H,125,126)(H,144,145)/t39-,40-,41+,42+,48-,49-,50-,51-,52-,53-,54-,55-,56-,57-,58-,59-,60-,61-,69-,70-/m0/s1. The van der Waals surface area contributed by atoms with E-state index >= 15 is 0 Å². The highest BCUT2D eigenvalue weighted by atomic mass is 32.1. The number of benzene rings is 3. The number of nitrogens with two attached hydrogens (primary N) is 2. The van der Waals surface area contributed by atoms with Crippen LogP contribution in [0.3, 0.4) is 0 Å². The third-order valence-electron chi connectivity index (χ3n) is 21.2. The van der Waals surface area contributed by atoms with Crippen LogP contribution in [-0.4, -0.2) is 369 Å². The van der Waals surface area contributed by atoms with Crippen LogP contribution in [0.1, 0.15) is 110 Å². The maximum Gasteiger partial charge on any atom is 0.326 e. The quantitative estimate of drug-likeness (QED) is 0.0233. The van der Waals surface area contributed by atoms with Crippen molar-refractivity contribution in [3.05, 3.63) is 95.6 Å². The van der Waals surface area contributed by atoms with Crippen LogP contribution in [0.5, 0.6) is 11.5 Å². The Kier molecular flexibility index (Phi) is 54.9. The number of carboxylic acids is 5. The summed E-state index contributed by atoms with van der Waals surface area (Å²) in [6, 6.07) is -14.9. The lowest BCUT2D eigenvalue weighted by Gasteiger charge is -2.28. The van der Waals surface area contributed by atoms with Gasteiger partial charge in [0.2, 0.25) is 118 Å². The van der Waals surface area contributed by atoms with E-state index in [1.165, 1.54) is 72.8 Å². The number of primary amides is 1. The van der Waals surface area contributed by atoms with Gasteiger partial charge >= 0.3 is 29.8 Å². The molecule has 0 unspecified atom stereocenters. The molecule has 0 spiro atoms. The van der Waals surface area contributed by atoms with Crippen LogP contribution in [0.15, 0.2) is 78.9 Å². The molecule has 60 heteroatoms. The SMILES string of the molecule is CC(C)C[C@H](NC(=O)[C@H](CS)NC(=O)[C@H](Cc1ccc(O)cc1)NC(=O)[C@H](Cc1ccc(O)cc1)NC(=O)[C@@H](NC(=O)[C@H](C)NC(=O)[C@H](C)NC(=O)[C@H](CC(=O)O)NC(=O)[C@H](CC(=O)O)NC(=O)[C@H](CS)NC(=O)[C@@H](N)CCC(N)=O)[C@@H](C)O)C(=O)NCC(=O)N[C@@H](CCC(=O)O)C(=O)N[C@@H](Cc1ccccc1)C(=O)N[C@@H](CO)C(=O)N[C@@H](CS)C(=O)N[C@H](C(=O)N[C@@H](CO)C(=O)NCC(=O)N[C@@H](CC(=O)O)C(=O)O)[C@@H](C)O. The lowest BCUT2D eigenvalue weighted by Crippen LogP contribution is -2.62. The van der Waals surface area contributed by atoms with Gasteiger partial charge in [0.1, 0.15) is 114 Å². The van der Waals surface area contributed by atoms with Crippen LogP contribution in [0.25, 0.3) is 0 Å². The van der Waals surface area contributed by atoms with E-state index < -0.39 is 370 Å². The molecule has 0 aliphatic heterocycles. The zero-order valence-corrected chi connectivity index (χ0v) is 83.2. The summed E-state index contributed by atoms with van der Waals surface area (Å²) in [4.78, 5) is 331. The van der Waals surface area contributed by atoms with Crippen molar-refractivity contribution in [3.8, 4) is 11.5 Å². The van der Waals surface area contributed by atoms with Gasteiger partial charge < -0.3 is 169 Å². The summed E-state index contributed by atoms with van der Waals surface area (Å²) in [6.45, 7) is 2.93. The number of carbonyl (C=O) groups is 25. The van der Waals surface area contributed by atoms with Gasteiger partial charge in [0.15, 0.2) is 0 Å². The van der Waals surface area contributed by atoms with E-state index in [-0.39, 0.29) is 41.9 Å². The van der Waals surface area contributed by atoms with Crippen LogP contribution in [-0.2, 0) is 139 Å². The minimum Gasteiger partial charge on any atom is -0.508 e. The van der Waals surface area contributed by atoms with E-state index in [1.54, 1.807) is 19.9 Å². The molecule has 20 amide bonds. The molecule has 148 heavy (non-hydrogen) atoms. The Morgan fingerprint density at radius 3 is 0.986 bits per heavy atom. The van der Waals surface area contributed by atoms with Gasteiger partial charge in [0.05, 0.1) is 63.8 Å². The Morgan fingerprint density at radius 2 is 0.601 bits per heavy atom. The van der Waals surface area contributed by atoms with E-state index in [2.05, 4.69) is 118 Å². The van der Waals surface area contributed by atoms with Crippen molar-refractivity contribution in [3.63, 3.8) is 0 Å². The van der Waals surface area contributed by atoms with Crippen molar-refractivity contribution in [1.29, 1.82) is 0 Å². The summed E-state index contributed by atoms with van der Waals surface area (Å²) in [5, 5.41) is 152. The molecule has 0 saturated carbocycles. The molecule has 3 aromatic rings. The number of aliphatic hydroxyl groups excluding tert-OH is 4. The fourth-order valence-electron chi connectivity index (χ4n) is 13.2. The number of thiol groups is 3. The molecule has 0 fully saturated rings. The molecule has 57 nitrogen and oxygen atoms in total. The summed E-state index contributed by atoms with van der Waals surface area (Å²) in [7, 11) is 0. The fraction of sp³-hybridized carbons (Fsp3) is 0.511. The third-order valence-corrected chi connectivity index (χ3v) is 22.3. The fourth-order valence-corrected chi connectivity index (χ4v) is 13.9. The average molecular weight is 2150 g/mol. The van der Waals surface area contributed by atoms with Crippen LogP contribution < -0.4 is 112 Å². The predicted molar refractivity (Wildman–Crippen MR) is 520 cm³/mol.